The van der Waals surface area contributed by atoms with Crippen LogP contribution in [0.5, 0.6) is 0 Å². The lowest BCUT2D eigenvalue weighted by Gasteiger charge is -2.32. The lowest BCUT2D eigenvalue weighted by Crippen LogP contribution is -2.38. The minimum atomic E-state index is 0.235. The fourth-order valence-electron chi connectivity index (χ4n) is 4.65. The Morgan fingerprint density at radius 3 is 2.72 bits per heavy atom. The number of fused-ring (bicyclic) bond motifs is 1. The Bertz CT molecular complexity index is 1000. The molecule has 5 heterocycles. The topological polar surface area (TPSA) is 88.4 Å². The van der Waals surface area contributed by atoms with E-state index in [1.54, 1.807) is 4.68 Å². The summed E-state index contributed by atoms with van der Waals surface area (Å²) in [5.41, 5.74) is 2.91. The summed E-state index contributed by atoms with van der Waals surface area (Å²) in [4.78, 5) is 25.9. The predicted octanol–water partition coefficient (Wildman–Crippen LogP) is 2.44. The maximum absolute atomic E-state index is 12.0. The lowest BCUT2D eigenvalue weighted by molar-refractivity contribution is -0.131. The first kappa shape index (κ1) is 20.9. The normalized spacial score (nSPS) is 21.4. The van der Waals surface area contributed by atoms with E-state index in [4.69, 9.17) is 19.8 Å². The Kier molecular flexibility index (Phi) is 5.82. The number of hydrogen-bond acceptors (Lipinski definition) is 7. The number of aromatic nitrogens is 4. The summed E-state index contributed by atoms with van der Waals surface area (Å²) >= 11 is 0. The average molecular weight is 438 g/mol. The average Bonchev–Trinajstić information content (AvgIpc) is 3.34. The molecule has 32 heavy (non-hydrogen) atoms. The Labute approximate surface area is 188 Å². The molecule has 1 unspecified atom stereocenters. The maximum atomic E-state index is 12.0. The first-order valence-electron chi connectivity index (χ1n) is 11.7. The number of nitrogens with zero attached hydrogens (tertiary/aromatic N) is 6. The molecule has 0 aliphatic carbocycles. The molecule has 1 N–H and O–H groups in total. The highest BCUT2D eigenvalue weighted by molar-refractivity contribution is 5.79. The Hall–Kier alpha value is -2.94. The Morgan fingerprint density at radius 2 is 1.97 bits per heavy atom. The molecule has 170 valence electrons. The van der Waals surface area contributed by atoms with E-state index in [0.717, 1.165) is 61.9 Å². The lowest BCUT2D eigenvalue weighted by atomic mass is 9.93. The number of carbonyl (C=O) groups excluding carboxylic acids is 1. The zero-order valence-electron chi connectivity index (χ0n) is 18.8. The van der Waals surface area contributed by atoms with Gasteiger partial charge >= 0.3 is 0 Å². The van der Waals surface area contributed by atoms with E-state index in [1.807, 2.05) is 18.0 Å². The molecule has 0 spiro atoms. The third-order valence-corrected chi connectivity index (χ3v) is 6.51. The maximum Gasteiger partial charge on any atom is 0.253 e. The van der Waals surface area contributed by atoms with Gasteiger partial charge in [-0.05, 0) is 31.9 Å². The number of piperidine rings is 1. The van der Waals surface area contributed by atoms with E-state index in [9.17, 15) is 4.79 Å². The molecule has 3 aliphatic rings. The number of hydrogen-bond donors (Lipinski definition) is 1. The van der Waals surface area contributed by atoms with Gasteiger partial charge in [-0.25, -0.2) is 9.67 Å². The highest BCUT2D eigenvalue weighted by Gasteiger charge is 2.26. The molecule has 3 aliphatic heterocycles. The van der Waals surface area contributed by atoms with Crippen LogP contribution in [0.15, 0.2) is 18.3 Å². The van der Waals surface area contributed by atoms with Crippen LogP contribution >= 0.6 is 0 Å². The minimum absolute atomic E-state index is 0.235. The van der Waals surface area contributed by atoms with Crippen molar-refractivity contribution in [3.63, 3.8) is 0 Å². The summed E-state index contributed by atoms with van der Waals surface area (Å²) in [5, 5.41) is 8.37. The van der Waals surface area contributed by atoms with Crippen molar-refractivity contribution in [2.24, 2.45) is 0 Å². The quantitative estimate of drug-likeness (QED) is 0.786. The van der Waals surface area contributed by atoms with Crippen LogP contribution in [0.4, 0.5) is 11.5 Å². The standard InChI is InChI=1S/C23H31N7O2/c1-3-20(31)28-9-6-17(7-10-28)18-8-11-30(27-18)23-25-19-5-4-16(2)24-21(19)22(26-23)29-12-14-32-15-13-29/h4-5,8,11,16-17,24H,3,6-7,9-10,12-15H2,1-2H3. The van der Waals surface area contributed by atoms with Crippen molar-refractivity contribution in [3.05, 3.63) is 29.7 Å². The SMILES string of the molecule is CCC(=O)N1CCC(c2ccn(-c3nc4c(c(N5CCOCC5)n3)NC(C)C=C4)n2)CC1. The first-order valence-corrected chi connectivity index (χ1v) is 11.7. The molecule has 0 aromatic carbocycles. The van der Waals surface area contributed by atoms with Crippen molar-refractivity contribution in [1.82, 2.24) is 24.6 Å². The number of morpholine rings is 1. The van der Waals surface area contributed by atoms with Crippen LogP contribution < -0.4 is 10.2 Å². The Balaban J connectivity index is 1.41. The van der Waals surface area contributed by atoms with Crippen LogP contribution in [-0.4, -0.2) is 76.0 Å². The van der Waals surface area contributed by atoms with Gasteiger partial charge in [0.05, 0.1) is 24.6 Å². The summed E-state index contributed by atoms with van der Waals surface area (Å²) in [6, 6.07) is 2.30. The fourth-order valence-corrected chi connectivity index (χ4v) is 4.65. The number of likely N-dealkylation sites (tertiary alicyclic amines) is 1. The second-order valence-electron chi connectivity index (χ2n) is 8.69. The molecule has 0 radical (unpaired) electrons. The van der Waals surface area contributed by atoms with Gasteiger partial charge in [0.2, 0.25) is 5.91 Å². The second kappa shape index (κ2) is 8.90. The van der Waals surface area contributed by atoms with Crippen LogP contribution in [0.25, 0.3) is 12.0 Å². The smallest absolute Gasteiger partial charge is 0.253 e. The molecule has 9 nitrogen and oxygen atoms in total. The minimum Gasteiger partial charge on any atom is -0.378 e. The van der Waals surface area contributed by atoms with Crippen molar-refractivity contribution < 1.29 is 9.53 Å². The van der Waals surface area contributed by atoms with E-state index in [0.29, 0.717) is 31.5 Å². The van der Waals surface area contributed by atoms with Gasteiger partial charge in [-0.15, -0.1) is 0 Å². The van der Waals surface area contributed by atoms with Gasteiger partial charge in [-0.2, -0.15) is 10.1 Å². The molecule has 1 amide bonds. The van der Waals surface area contributed by atoms with Gasteiger partial charge in [0.15, 0.2) is 5.82 Å². The van der Waals surface area contributed by atoms with Gasteiger partial charge in [0, 0.05) is 50.8 Å². The molecule has 2 saturated heterocycles. The summed E-state index contributed by atoms with van der Waals surface area (Å²) in [6.45, 7) is 8.66. The first-order chi connectivity index (χ1) is 15.6. The Morgan fingerprint density at radius 1 is 1.19 bits per heavy atom. The molecule has 2 aromatic heterocycles. The highest BCUT2D eigenvalue weighted by atomic mass is 16.5. The zero-order chi connectivity index (χ0) is 22.1. The molecule has 0 saturated carbocycles. The van der Waals surface area contributed by atoms with Gasteiger partial charge < -0.3 is 19.9 Å². The van der Waals surface area contributed by atoms with Crippen LogP contribution in [0.2, 0.25) is 0 Å². The van der Waals surface area contributed by atoms with Crippen molar-refractivity contribution in [3.8, 4) is 5.95 Å². The molecular formula is C23H31N7O2. The number of carbonyl (C=O) groups is 1. The van der Waals surface area contributed by atoms with E-state index in [-0.39, 0.29) is 11.9 Å². The molecule has 9 heteroatoms. The molecule has 1 atom stereocenters. The predicted molar refractivity (Wildman–Crippen MR) is 123 cm³/mol. The monoisotopic (exact) mass is 437 g/mol. The third-order valence-electron chi connectivity index (χ3n) is 6.51. The van der Waals surface area contributed by atoms with Gasteiger partial charge in [-0.1, -0.05) is 13.0 Å². The number of amides is 1. The summed E-state index contributed by atoms with van der Waals surface area (Å²) in [7, 11) is 0. The highest BCUT2D eigenvalue weighted by Crippen LogP contribution is 2.33. The van der Waals surface area contributed by atoms with Crippen molar-refractivity contribution >= 4 is 23.5 Å². The molecule has 2 fully saturated rings. The van der Waals surface area contributed by atoms with Gasteiger partial charge in [0.1, 0.15) is 5.69 Å². The van der Waals surface area contributed by atoms with E-state index < -0.39 is 0 Å². The van der Waals surface area contributed by atoms with Crippen LogP contribution in [0.1, 0.15) is 50.4 Å². The van der Waals surface area contributed by atoms with E-state index in [1.165, 1.54) is 0 Å². The van der Waals surface area contributed by atoms with Crippen LogP contribution in [0, 0.1) is 0 Å². The largest absolute Gasteiger partial charge is 0.378 e. The van der Waals surface area contributed by atoms with Crippen molar-refractivity contribution in [1.29, 1.82) is 0 Å². The van der Waals surface area contributed by atoms with Crippen molar-refractivity contribution in [2.75, 3.05) is 49.6 Å². The summed E-state index contributed by atoms with van der Waals surface area (Å²) in [6.07, 6.45) is 8.59. The molecule has 0 bridgehead atoms. The molecular weight excluding hydrogens is 406 g/mol. The van der Waals surface area contributed by atoms with Crippen LogP contribution in [0.3, 0.4) is 0 Å². The third kappa shape index (κ3) is 4.09. The van der Waals surface area contributed by atoms with Crippen LogP contribution in [-0.2, 0) is 9.53 Å². The molecule has 5 rings (SSSR count). The second-order valence-corrected chi connectivity index (χ2v) is 8.69. The summed E-state index contributed by atoms with van der Waals surface area (Å²) in [5.74, 6) is 2.09. The fraction of sp³-hybridized carbons (Fsp3) is 0.565. The summed E-state index contributed by atoms with van der Waals surface area (Å²) < 4.78 is 7.33. The van der Waals surface area contributed by atoms with Crippen molar-refractivity contribution in [2.45, 2.75) is 45.1 Å². The number of nitrogens with one attached hydrogen (secondary N) is 1. The number of ether oxygens (including phenoxy) is 1. The number of rotatable bonds is 4. The van der Waals surface area contributed by atoms with E-state index in [2.05, 4.69) is 35.4 Å². The van der Waals surface area contributed by atoms with E-state index >= 15 is 0 Å². The molecule has 2 aromatic rings. The zero-order valence-corrected chi connectivity index (χ0v) is 18.8. The van der Waals surface area contributed by atoms with Gasteiger partial charge in [-0.3, -0.25) is 4.79 Å². The number of anilines is 2. The van der Waals surface area contributed by atoms with Gasteiger partial charge in [0.25, 0.3) is 5.95 Å².